The average Bonchev–Trinajstić information content (AvgIpc) is 2.98. The molecule has 0 saturated carbocycles. The predicted octanol–water partition coefficient (Wildman–Crippen LogP) is 2.23. The molecule has 1 aromatic rings. The van der Waals surface area contributed by atoms with Crippen LogP contribution in [0.15, 0.2) is 23.5 Å². The van der Waals surface area contributed by atoms with Crippen LogP contribution in [0.2, 0.25) is 0 Å². The van der Waals surface area contributed by atoms with Crippen LogP contribution in [0.1, 0.15) is 43.9 Å². The van der Waals surface area contributed by atoms with Gasteiger partial charge in [-0.05, 0) is 37.8 Å². The zero-order chi connectivity index (χ0) is 15.6. The summed E-state index contributed by atoms with van der Waals surface area (Å²) in [6.45, 7) is 6.75. The molecule has 0 aromatic carbocycles. The van der Waals surface area contributed by atoms with Gasteiger partial charge in [-0.15, -0.1) is 0 Å². The number of oxime groups is 1. The third-order valence-corrected chi connectivity index (χ3v) is 4.74. The number of nitrogens with zero attached hydrogens (tertiary/aromatic N) is 3. The molecule has 1 N–H and O–H groups in total. The SMILES string of the molecule is CCC1=NO[C@H](CN2CCC(O)(c3ccc(C)cn3)CC2)C1. The van der Waals surface area contributed by atoms with E-state index in [1.807, 2.05) is 25.3 Å². The van der Waals surface area contributed by atoms with Crippen LogP contribution in [0.4, 0.5) is 0 Å². The summed E-state index contributed by atoms with van der Waals surface area (Å²) in [6.07, 6.45) is 5.36. The highest BCUT2D eigenvalue weighted by Gasteiger charge is 2.36. The lowest BCUT2D eigenvalue weighted by atomic mass is 9.87. The number of hydrogen-bond acceptors (Lipinski definition) is 5. The Morgan fingerprint density at radius 3 is 2.73 bits per heavy atom. The van der Waals surface area contributed by atoms with Gasteiger partial charge in [0, 0.05) is 32.3 Å². The standard InChI is InChI=1S/C17H25N3O2/c1-3-14-10-15(22-19-14)12-20-8-6-17(21,7-9-20)16-5-4-13(2)11-18-16/h4-5,11,15,21H,3,6-10,12H2,1-2H3/t15-/m0/s1. The van der Waals surface area contributed by atoms with E-state index in [1.54, 1.807) is 0 Å². The molecule has 0 unspecified atom stereocenters. The van der Waals surface area contributed by atoms with Crippen LogP contribution in [0.25, 0.3) is 0 Å². The lowest BCUT2D eigenvalue weighted by molar-refractivity contribution is -0.0413. The third kappa shape index (κ3) is 3.31. The number of aliphatic hydroxyl groups is 1. The second-order valence-corrected chi connectivity index (χ2v) is 6.50. The molecular weight excluding hydrogens is 278 g/mol. The fraction of sp³-hybridized carbons (Fsp3) is 0.647. The van der Waals surface area contributed by atoms with E-state index in [-0.39, 0.29) is 6.10 Å². The van der Waals surface area contributed by atoms with E-state index in [0.717, 1.165) is 62.3 Å². The van der Waals surface area contributed by atoms with Crippen molar-refractivity contribution in [2.75, 3.05) is 19.6 Å². The summed E-state index contributed by atoms with van der Waals surface area (Å²) in [5.41, 5.74) is 2.29. The van der Waals surface area contributed by atoms with Crippen molar-refractivity contribution in [2.45, 2.75) is 51.2 Å². The smallest absolute Gasteiger partial charge is 0.145 e. The number of likely N-dealkylation sites (tertiary alicyclic amines) is 1. The van der Waals surface area contributed by atoms with Gasteiger partial charge in [-0.2, -0.15) is 0 Å². The number of pyridine rings is 1. The van der Waals surface area contributed by atoms with Crippen LogP contribution >= 0.6 is 0 Å². The Balaban J connectivity index is 1.53. The van der Waals surface area contributed by atoms with Crippen molar-refractivity contribution in [1.82, 2.24) is 9.88 Å². The molecule has 1 atom stereocenters. The van der Waals surface area contributed by atoms with Gasteiger partial charge in [0.25, 0.3) is 0 Å². The van der Waals surface area contributed by atoms with E-state index in [4.69, 9.17) is 4.84 Å². The lowest BCUT2D eigenvalue weighted by Gasteiger charge is -2.38. The van der Waals surface area contributed by atoms with E-state index >= 15 is 0 Å². The summed E-state index contributed by atoms with van der Waals surface area (Å²) in [4.78, 5) is 12.3. The summed E-state index contributed by atoms with van der Waals surface area (Å²) < 4.78 is 0. The van der Waals surface area contributed by atoms with E-state index in [1.165, 1.54) is 0 Å². The third-order valence-electron chi connectivity index (χ3n) is 4.74. The first-order valence-corrected chi connectivity index (χ1v) is 8.18. The quantitative estimate of drug-likeness (QED) is 0.926. The van der Waals surface area contributed by atoms with Gasteiger partial charge in [0.1, 0.15) is 11.7 Å². The second kappa shape index (κ2) is 6.34. The molecule has 2 aliphatic heterocycles. The Labute approximate surface area is 132 Å². The lowest BCUT2D eigenvalue weighted by Crippen LogP contribution is -2.45. The van der Waals surface area contributed by atoms with Crippen molar-refractivity contribution in [1.29, 1.82) is 0 Å². The monoisotopic (exact) mass is 303 g/mol. The summed E-state index contributed by atoms with van der Waals surface area (Å²) in [6, 6.07) is 3.97. The van der Waals surface area contributed by atoms with Crippen LogP contribution < -0.4 is 0 Å². The Hall–Kier alpha value is -1.46. The highest BCUT2D eigenvalue weighted by atomic mass is 16.6. The molecule has 0 aliphatic carbocycles. The maximum atomic E-state index is 10.8. The first-order valence-electron chi connectivity index (χ1n) is 8.18. The van der Waals surface area contributed by atoms with Crippen molar-refractivity contribution in [3.63, 3.8) is 0 Å². The minimum Gasteiger partial charge on any atom is -0.391 e. The topological polar surface area (TPSA) is 58.0 Å². The van der Waals surface area contributed by atoms with E-state index in [2.05, 4.69) is 22.0 Å². The Kier molecular flexibility index (Phi) is 4.45. The number of hydrogen-bond donors (Lipinski definition) is 1. The maximum Gasteiger partial charge on any atom is 0.145 e. The van der Waals surface area contributed by atoms with Gasteiger partial charge in [0.15, 0.2) is 0 Å². The highest BCUT2D eigenvalue weighted by Crippen LogP contribution is 2.32. The molecule has 0 radical (unpaired) electrons. The van der Waals surface area contributed by atoms with E-state index in [9.17, 15) is 5.11 Å². The molecule has 1 saturated heterocycles. The minimum absolute atomic E-state index is 0.179. The van der Waals surface area contributed by atoms with Crippen molar-refractivity contribution < 1.29 is 9.94 Å². The van der Waals surface area contributed by atoms with E-state index in [0.29, 0.717) is 0 Å². The van der Waals surface area contributed by atoms with Crippen LogP contribution in [-0.2, 0) is 10.4 Å². The van der Waals surface area contributed by atoms with Crippen LogP contribution in [-0.4, -0.2) is 46.4 Å². The van der Waals surface area contributed by atoms with Crippen molar-refractivity contribution in [3.8, 4) is 0 Å². The number of aryl methyl sites for hydroxylation is 1. The summed E-state index contributed by atoms with van der Waals surface area (Å²) >= 11 is 0. The Bertz CT molecular complexity index is 533. The summed E-state index contributed by atoms with van der Waals surface area (Å²) in [5, 5.41) is 15.0. The maximum absolute atomic E-state index is 10.8. The van der Waals surface area contributed by atoms with Gasteiger partial charge >= 0.3 is 0 Å². The van der Waals surface area contributed by atoms with Gasteiger partial charge in [-0.1, -0.05) is 18.1 Å². The summed E-state index contributed by atoms with van der Waals surface area (Å²) in [5.74, 6) is 0. The molecule has 3 heterocycles. The first-order chi connectivity index (χ1) is 10.6. The fourth-order valence-corrected chi connectivity index (χ4v) is 3.19. The Morgan fingerprint density at radius 1 is 1.36 bits per heavy atom. The van der Waals surface area contributed by atoms with Gasteiger partial charge in [-0.3, -0.25) is 9.88 Å². The number of aromatic nitrogens is 1. The van der Waals surface area contributed by atoms with Crippen molar-refractivity contribution in [2.24, 2.45) is 5.16 Å². The molecule has 5 nitrogen and oxygen atoms in total. The van der Waals surface area contributed by atoms with Crippen molar-refractivity contribution in [3.05, 3.63) is 29.6 Å². The normalized spacial score (nSPS) is 24.9. The first kappa shape index (κ1) is 15.4. The molecule has 1 aromatic heterocycles. The molecule has 120 valence electrons. The molecule has 1 fully saturated rings. The number of rotatable bonds is 4. The molecule has 0 spiro atoms. The average molecular weight is 303 g/mol. The molecule has 2 aliphatic rings. The zero-order valence-electron chi connectivity index (χ0n) is 13.5. The molecule has 0 amide bonds. The second-order valence-electron chi connectivity index (χ2n) is 6.50. The molecule has 3 rings (SSSR count). The summed E-state index contributed by atoms with van der Waals surface area (Å²) in [7, 11) is 0. The van der Waals surface area contributed by atoms with Crippen molar-refractivity contribution >= 4 is 5.71 Å². The van der Waals surface area contributed by atoms with Gasteiger partial charge in [-0.25, -0.2) is 0 Å². The highest BCUT2D eigenvalue weighted by molar-refractivity contribution is 5.85. The van der Waals surface area contributed by atoms with Gasteiger partial charge < -0.3 is 9.94 Å². The molecular formula is C17H25N3O2. The largest absolute Gasteiger partial charge is 0.391 e. The fourth-order valence-electron chi connectivity index (χ4n) is 3.19. The van der Waals surface area contributed by atoms with Crippen LogP contribution in [0.5, 0.6) is 0 Å². The van der Waals surface area contributed by atoms with Gasteiger partial charge in [0.05, 0.1) is 11.4 Å². The zero-order valence-corrected chi connectivity index (χ0v) is 13.5. The molecule has 5 heteroatoms. The van der Waals surface area contributed by atoms with Crippen LogP contribution in [0, 0.1) is 6.92 Å². The van der Waals surface area contributed by atoms with Crippen LogP contribution in [0.3, 0.4) is 0 Å². The number of piperidine rings is 1. The van der Waals surface area contributed by atoms with E-state index < -0.39 is 5.60 Å². The molecule has 0 bridgehead atoms. The molecule has 22 heavy (non-hydrogen) atoms. The Morgan fingerprint density at radius 2 is 2.14 bits per heavy atom. The predicted molar refractivity (Wildman–Crippen MR) is 85.8 cm³/mol. The minimum atomic E-state index is -0.786. The van der Waals surface area contributed by atoms with Gasteiger partial charge in [0.2, 0.25) is 0 Å².